The molecule has 2 unspecified atom stereocenters. The Labute approximate surface area is 119 Å². The molecule has 1 heterocycles. The molecule has 2 aromatic carbocycles. The van der Waals surface area contributed by atoms with Gasteiger partial charge in [0.15, 0.2) is 0 Å². The van der Waals surface area contributed by atoms with E-state index in [9.17, 15) is 0 Å². The molecule has 0 aromatic heterocycles. The van der Waals surface area contributed by atoms with Crippen molar-refractivity contribution >= 4 is 33.4 Å². The fourth-order valence-corrected chi connectivity index (χ4v) is 3.62. The summed E-state index contributed by atoms with van der Waals surface area (Å²) in [5.74, 6) is 1.44. The Morgan fingerprint density at radius 3 is 2.83 bits per heavy atom. The van der Waals surface area contributed by atoms with E-state index in [2.05, 4.69) is 77.2 Å². The molecule has 4 rings (SSSR count). The van der Waals surface area contributed by atoms with Gasteiger partial charge in [0.05, 0.1) is 3.57 Å². The molecule has 0 N–H and O–H groups in total. The average Bonchev–Trinajstić information content (AvgIpc) is 2.79. The molecule has 0 bridgehead atoms. The Bertz CT molecular complexity index is 700. The molecule has 88 valence electrons. The Kier molecular flexibility index (Phi) is 2.27. The number of ether oxygens (including phenoxy) is 1. The Morgan fingerprint density at radius 1 is 1.06 bits per heavy atom. The zero-order valence-electron chi connectivity index (χ0n) is 9.64. The maximum atomic E-state index is 6.10. The summed E-state index contributed by atoms with van der Waals surface area (Å²) in [7, 11) is 0. The lowest BCUT2D eigenvalue weighted by Gasteiger charge is -2.14. The first kappa shape index (κ1) is 10.6. The molecule has 0 radical (unpaired) electrons. The van der Waals surface area contributed by atoms with E-state index in [1.807, 2.05) is 0 Å². The molecule has 2 aromatic rings. The first-order valence-corrected chi connectivity index (χ1v) is 7.15. The third-order valence-corrected chi connectivity index (χ3v) is 4.47. The van der Waals surface area contributed by atoms with Crippen LogP contribution in [0.25, 0.3) is 10.8 Å². The lowest BCUT2D eigenvalue weighted by molar-refractivity contribution is 0.267. The van der Waals surface area contributed by atoms with Gasteiger partial charge in [-0.25, -0.2) is 0 Å². The Morgan fingerprint density at radius 2 is 1.89 bits per heavy atom. The molecule has 1 aliphatic heterocycles. The van der Waals surface area contributed by atoms with Crippen LogP contribution in [0.1, 0.15) is 11.5 Å². The van der Waals surface area contributed by atoms with Gasteiger partial charge in [0.25, 0.3) is 0 Å². The molecular weight excluding hydrogens is 335 g/mol. The smallest absolute Gasteiger partial charge is 0.138 e. The lowest BCUT2D eigenvalue weighted by atomic mass is 9.89. The lowest BCUT2D eigenvalue weighted by Crippen LogP contribution is -2.15. The number of fused-ring (bicyclic) bond motifs is 5. The summed E-state index contributed by atoms with van der Waals surface area (Å²) >= 11 is 2.37. The summed E-state index contributed by atoms with van der Waals surface area (Å²) in [6.45, 7) is 0. The van der Waals surface area contributed by atoms with Crippen molar-refractivity contribution in [2.24, 2.45) is 0 Å². The SMILES string of the molecule is Ic1cc2ccccc2c2c1OC1C=CC=CC21. The van der Waals surface area contributed by atoms with Crippen LogP contribution in [0.15, 0.2) is 54.6 Å². The maximum absolute atomic E-state index is 6.10. The van der Waals surface area contributed by atoms with Crippen LogP contribution in [0.3, 0.4) is 0 Å². The van der Waals surface area contributed by atoms with E-state index in [-0.39, 0.29) is 6.10 Å². The molecule has 0 amide bonds. The van der Waals surface area contributed by atoms with Gasteiger partial charge in [-0.3, -0.25) is 0 Å². The van der Waals surface area contributed by atoms with Crippen molar-refractivity contribution in [3.05, 3.63) is 63.8 Å². The fraction of sp³-hybridized carbons (Fsp3) is 0.125. The third-order valence-electron chi connectivity index (χ3n) is 3.67. The fourth-order valence-electron chi connectivity index (χ4n) is 2.87. The Balaban J connectivity index is 2.07. The number of hydrogen-bond acceptors (Lipinski definition) is 1. The van der Waals surface area contributed by atoms with Gasteiger partial charge >= 0.3 is 0 Å². The van der Waals surface area contributed by atoms with Crippen molar-refractivity contribution in [1.82, 2.24) is 0 Å². The maximum Gasteiger partial charge on any atom is 0.138 e. The van der Waals surface area contributed by atoms with E-state index in [0.717, 1.165) is 5.75 Å². The second-order valence-electron chi connectivity index (χ2n) is 4.70. The zero-order valence-corrected chi connectivity index (χ0v) is 11.8. The minimum absolute atomic E-state index is 0.171. The number of halogens is 1. The molecule has 1 aliphatic carbocycles. The number of benzene rings is 2. The highest BCUT2D eigenvalue weighted by Crippen LogP contribution is 2.47. The first-order valence-electron chi connectivity index (χ1n) is 6.07. The average molecular weight is 346 g/mol. The predicted octanol–water partition coefficient (Wildman–Crippen LogP) is 4.42. The topological polar surface area (TPSA) is 9.23 Å². The van der Waals surface area contributed by atoms with Crippen LogP contribution in [0.2, 0.25) is 0 Å². The van der Waals surface area contributed by atoms with Gasteiger partial charge in [-0.15, -0.1) is 0 Å². The highest BCUT2D eigenvalue weighted by atomic mass is 127. The van der Waals surface area contributed by atoms with Crippen molar-refractivity contribution < 1.29 is 4.74 Å². The highest BCUT2D eigenvalue weighted by Gasteiger charge is 2.34. The van der Waals surface area contributed by atoms with Gasteiger partial charge in [0.1, 0.15) is 11.9 Å². The predicted molar refractivity (Wildman–Crippen MR) is 82.1 cm³/mol. The quantitative estimate of drug-likeness (QED) is 0.642. The van der Waals surface area contributed by atoms with E-state index >= 15 is 0 Å². The summed E-state index contributed by atoms with van der Waals surface area (Å²) in [6, 6.07) is 10.8. The van der Waals surface area contributed by atoms with Crippen LogP contribution in [0.4, 0.5) is 0 Å². The largest absolute Gasteiger partial charge is 0.484 e. The summed E-state index contributed by atoms with van der Waals surface area (Å²) in [6.07, 6.45) is 8.76. The van der Waals surface area contributed by atoms with Crippen LogP contribution in [0.5, 0.6) is 5.75 Å². The summed E-state index contributed by atoms with van der Waals surface area (Å²) in [5, 5.41) is 2.62. The van der Waals surface area contributed by atoms with Crippen LogP contribution in [-0.4, -0.2) is 6.10 Å². The molecule has 0 saturated carbocycles. The van der Waals surface area contributed by atoms with Gasteiger partial charge in [0, 0.05) is 11.5 Å². The molecule has 0 saturated heterocycles. The monoisotopic (exact) mass is 346 g/mol. The van der Waals surface area contributed by atoms with Crippen LogP contribution < -0.4 is 4.74 Å². The Hall–Kier alpha value is -1.29. The van der Waals surface area contributed by atoms with E-state index in [1.165, 1.54) is 19.9 Å². The van der Waals surface area contributed by atoms with Crippen molar-refractivity contribution in [1.29, 1.82) is 0 Å². The normalized spacial score (nSPS) is 23.8. The van der Waals surface area contributed by atoms with Gasteiger partial charge in [-0.2, -0.15) is 0 Å². The van der Waals surface area contributed by atoms with E-state index in [0.29, 0.717) is 5.92 Å². The van der Waals surface area contributed by atoms with E-state index < -0.39 is 0 Å². The zero-order chi connectivity index (χ0) is 12.1. The number of rotatable bonds is 0. The third kappa shape index (κ3) is 1.38. The van der Waals surface area contributed by atoms with Crippen molar-refractivity contribution in [2.45, 2.75) is 12.0 Å². The minimum atomic E-state index is 0.171. The number of hydrogen-bond donors (Lipinski definition) is 0. The molecule has 0 spiro atoms. The molecule has 18 heavy (non-hydrogen) atoms. The standard InChI is InChI=1S/C16H11IO/c17-13-9-10-5-1-2-6-11(10)15-12-7-3-4-8-14(12)18-16(13)15/h1-9,12,14H. The minimum Gasteiger partial charge on any atom is -0.484 e. The molecular formula is C16H11IO. The van der Waals surface area contributed by atoms with Crippen molar-refractivity contribution in [2.75, 3.05) is 0 Å². The molecule has 0 fully saturated rings. The van der Waals surface area contributed by atoms with E-state index in [4.69, 9.17) is 4.74 Å². The highest BCUT2D eigenvalue weighted by molar-refractivity contribution is 14.1. The molecule has 2 atom stereocenters. The molecule has 2 heteroatoms. The van der Waals surface area contributed by atoms with Crippen LogP contribution in [0, 0.1) is 3.57 Å². The molecule has 2 aliphatic rings. The van der Waals surface area contributed by atoms with Gasteiger partial charge in [-0.05, 0) is 45.5 Å². The second-order valence-corrected chi connectivity index (χ2v) is 5.86. The van der Waals surface area contributed by atoms with Gasteiger partial charge in [0.2, 0.25) is 0 Å². The van der Waals surface area contributed by atoms with Crippen molar-refractivity contribution in [3.8, 4) is 5.75 Å². The van der Waals surface area contributed by atoms with Gasteiger partial charge in [-0.1, -0.05) is 42.5 Å². The van der Waals surface area contributed by atoms with Crippen LogP contribution in [-0.2, 0) is 0 Å². The second kappa shape index (κ2) is 3.85. The van der Waals surface area contributed by atoms with Crippen LogP contribution >= 0.6 is 22.6 Å². The van der Waals surface area contributed by atoms with Crippen molar-refractivity contribution in [3.63, 3.8) is 0 Å². The summed E-state index contributed by atoms with van der Waals surface area (Å²) < 4.78 is 7.31. The van der Waals surface area contributed by atoms with Gasteiger partial charge < -0.3 is 4.74 Å². The first-order chi connectivity index (χ1) is 8.84. The number of allylic oxidation sites excluding steroid dienone is 2. The van der Waals surface area contributed by atoms with E-state index in [1.54, 1.807) is 0 Å². The molecule has 1 nitrogen and oxygen atoms in total. The summed E-state index contributed by atoms with van der Waals surface area (Å²) in [4.78, 5) is 0. The summed E-state index contributed by atoms with van der Waals surface area (Å²) in [5.41, 5.74) is 1.35.